The highest BCUT2D eigenvalue weighted by Crippen LogP contribution is 2.17. The monoisotopic (exact) mass is 236 g/mol. The van der Waals surface area contributed by atoms with Crippen molar-refractivity contribution in [3.63, 3.8) is 0 Å². The smallest absolute Gasteiger partial charge is 0.132 e. The lowest BCUT2D eigenvalue weighted by atomic mass is 10.1. The predicted octanol–water partition coefficient (Wildman–Crippen LogP) is 0.593. The first-order chi connectivity index (χ1) is 8.29. The second-order valence-corrected chi connectivity index (χ2v) is 4.43. The molecule has 0 aromatic carbocycles. The lowest BCUT2D eigenvalue weighted by Gasteiger charge is -2.31. The number of hydrogen-bond acceptors (Lipinski definition) is 5. The standard InChI is InChI=1S/C12H20N4O/c1-17-7-4-11-8-12(15-9-14-11)16-5-2-10(13)3-6-16/h8-10H,2-7,13H2,1H3. The molecule has 0 aliphatic carbocycles. The van der Waals surface area contributed by atoms with E-state index in [2.05, 4.69) is 20.9 Å². The zero-order chi connectivity index (χ0) is 12.1. The van der Waals surface area contributed by atoms with Gasteiger partial charge in [0.15, 0.2) is 0 Å². The van der Waals surface area contributed by atoms with Crippen LogP contribution in [0.15, 0.2) is 12.4 Å². The van der Waals surface area contributed by atoms with E-state index in [1.54, 1.807) is 13.4 Å². The van der Waals surface area contributed by atoms with Crippen LogP contribution in [0.4, 0.5) is 5.82 Å². The van der Waals surface area contributed by atoms with Crippen molar-refractivity contribution in [2.45, 2.75) is 25.3 Å². The highest BCUT2D eigenvalue weighted by molar-refractivity contribution is 5.39. The molecule has 94 valence electrons. The van der Waals surface area contributed by atoms with E-state index in [1.807, 2.05) is 0 Å². The van der Waals surface area contributed by atoms with Gasteiger partial charge in [0.1, 0.15) is 12.1 Å². The predicted molar refractivity (Wildman–Crippen MR) is 67.0 cm³/mol. The van der Waals surface area contributed by atoms with Crippen LogP contribution in [0.2, 0.25) is 0 Å². The Labute approximate surface area is 102 Å². The van der Waals surface area contributed by atoms with Gasteiger partial charge >= 0.3 is 0 Å². The maximum atomic E-state index is 5.89. The Morgan fingerprint density at radius 1 is 1.41 bits per heavy atom. The number of hydrogen-bond donors (Lipinski definition) is 1. The summed E-state index contributed by atoms with van der Waals surface area (Å²) < 4.78 is 5.05. The van der Waals surface area contributed by atoms with Gasteiger partial charge in [0, 0.05) is 44.4 Å². The fourth-order valence-corrected chi connectivity index (χ4v) is 2.03. The molecule has 1 saturated heterocycles. The number of methoxy groups -OCH3 is 1. The Hall–Kier alpha value is -1.20. The Bertz CT molecular complexity index is 350. The molecule has 0 amide bonds. The molecule has 1 aromatic rings. The van der Waals surface area contributed by atoms with Crippen LogP contribution >= 0.6 is 0 Å². The molecule has 5 heteroatoms. The van der Waals surface area contributed by atoms with E-state index in [4.69, 9.17) is 10.5 Å². The second-order valence-electron chi connectivity index (χ2n) is 4.43. The second kappa shape index (κ2) is 5.93. The molecule has 0 spiro atoms. The van der Waals surface area contributed by atoms with Gasteiger partial charge in [-0.15, -0.1) is 0 Å². The summed E-state index contributed by atoms with van der Waals surface area (Å²) in [6, 6.07) is 2.40. The van der Waals surface area contributed by atoms with Crippen molar-refractivity contribution in [1.29, 1.82) is 0 Å². The first-order valence-electron chi connectivity index (χ1n) is 6.10. The fourth-order valence-electron chi connectivity index (χ4n) is 2.03. The Morgan fingerprint density at radius 3 is 2.88 bits per heavy atom. The first kappa shape index (κ1) is 12.3. The van der Waals surface area contributed by atoms with E-state index in [-0.39, 0.29) is 0 Å². The van der Waals surface area contributed by atoms with Crippen LogP contribution in [0, 0.1) is 0 Å². The van der Waals surface area contributed by atoms with Gasteiger partial charge in [-0.05, 0) is 12.8 Å². The largest absolute Gasteiger partial charge is 0.384 e. The molecule has 2 N–H and O–H groups in total. The van der Waals surface area contributed by atoms with E-state index in [0.717, 1.165) is 43.9 Å². The summed E-state index contributed by atoms with van der Waals surface area (Å²) in [6.07, 6.45) is 4.54. The molecule has 1 aliphatic rings. The lowest BCUT2D eigenvalue weighted by Crippen LogP contribution is -2.40. The van der Waals surface area contributed by atoms with Crippen LogP contribution in [0.3, 0.4) is 0 Å². The summed E-state index contributed by atoms with van der Waals surface area (Å²) in [5, 5.41) is 0. The summed E-state index contributed by atoms with van der Waals surface area (Å²) in [5.74, 6) is 1.01. The molecule has 0 saturated carbocycles. The number of anilines is 1. The van der Waals surface area contributed by atoms with E-state index in [9.17, 15) is 0 Å². The molecule has 1 aliphatic heterocycles. The quantitative estimate of drug-likeness (QED) is 0.829. The number of nitrogens with zero attached hydrogens (tertiary/aromatic N) is 3. The van der Waals surface area contributed by atoms with E-state index < -0.39 is 0 Å². The summed E-state index contributed by atoms with van der Waals surface area (Å²) in [6.45, 7) is 2.67. The SMILES string of the molecule is COCCc1cc(N2CCC(N)CC2)ncn1. The molecule has 2 rings (SSSR count). The van der Waals surface area contributed by atoms with Gasteiger partial charge in [-0.1, -0.05) is 0 Å². The van der Waals surface area contributed by atoms with Gasteiger partial charge in [-0.2, -0.15) is 0 Å². The molecule has 0 unspecified atom stereocenters. The van der Waals surface area contributed by atoms with Crippen molar-refractivity contribution in [1.82, 2.24) is 9.97 Å². The zero-order valence-corrected chi connectivity index (χ0v) is 10.3. The number of ether oxygens (including phenoxy) is 1. The Morgan fingerprint density at radius 2 is 2.18 bits per heavy atom. The zero-order valence-electron chi connectivity index (χ0n) is 10.3. The number of nitrogens with two attached hydrogens (primary N) is 1. The maximum Gasteiger partial charge on any atom is 0.132 e. The Balaban J connectivity index is 2.00. The topological polar surface area (TPSA) is 64.3 Å². The lowest BCUT2D eigenvalue weighted by molar-refractivity contribution is 0.201. The molecule has 0 atom stereocenters. The summed E-state index contributed by atoms with van der Waals surface area (Å²) in [5.41, 5.74) is 6.93. The molecular weight excluding hydrogens is 216 g/mol. The van der Waals surface area contributed by atoms with Gasteiger partial charge in [0.2, 0.25) is 0 Å². The molecule has 5 nitrogen and oxygen atoms in total. The fraction of sp³-hybridized carbons (Fsp3) is 0.667. The van der Waals surface area contributed by atoms with Crippen LogP contribution in [0.25, 0.3) is 0 Å². The van der Waals surface area contributed by atoms with Crippen molar-refractivity contribution in [3.8, 4) is 0 Å². The van der Waals surface area contributed by atoms with Crippen LogP contribution in [0.5, 0.6) is 0 Å². The van der Waals surface area contributed by atoms with E-state index in [1.165, 1.54) is 0 Å². The highest BCUT2D eigenvalue weighted by Gasteiger charge is 2.17. The third kappa shape index (κ3) is 3.38. The van der Waals surface area contributed by atoms with Crippen LogP contribution in [-0.4, -0.2) is 42.8 Å². The minimum atomic E-state index is 0.348. The molecule has 0 bridgehead atoms. The molecule has 1 aromatic heterocycles. The van der Waals surface area contributed by atoms with Gasteiger partial charge in [-0.25, -0.2) is 9.97 Å². The van der Waals surface area contributed by atoms with Crippen molar-refractivity contribution < 1.29 is 4.74 Å². The maximum absolute atomic E-state index is 5.89. The summed E-state index contributed by atoms with van der Waals surface area (Å²) in [7, 11) is 1.70. The van der Waals surface area contributed by atoms with E-state index >= 15 is 0 Å². The van der Waals surface area contributed by atoms with Crippen molar-refractivity contribution in [2.24, 2.45) is 5.73 Å². The number of rotatable bonds is 4. The molecule has 2 heterocycles. The van der Waals surface area contributed by atoms with Gasteiger partial charge in [0.05, 0.1) is 6.61 Å². The third-order valence-corrected chi connectivity index (χ3v) is 3.14. The molecule has 0 radical (unpaired) electrons. The molecule has 17 heavy (non-hydrogen) atoms. The van der Waals surface area contributed by atoms with Gasteiger partial charge in [-0.3, -0.25) is 0 Å². The third-order valence-electron chi connectivity index (χ3n) is 3.14. The first-order valence-corrected chi connectivity index (χ1v) is 6.10. The van der Waals surface area contributed by atoms with Gasteiger partial charge < -0.3 is 15.4 Å². The van der Waals surface area contributed by atoms with E-state index in [0.29, 0.717) is 12.6 Å². The molecule has 1 fully saturated rings. The minimum Gasteiger partial charge on any atom is -0.384 e. The molecular formula is C12H20N4O. The average Bonchev–Trinajstić information content (AvgIpc) is 2.37. The number of piperidine rings is 1. The normalized spacial score (nSPS) is 17.4. The van der Waals surface area contributed by atoms with Crippen molar-refractivity contribution in [2.75, 3.05) is 31.7 Å². The van der Waals surface area contributed by atoms with Crippen LogP contribution in [0.1, 0.15) is 18.5 Å². The Kier molecular flexibility index (Phi) is 4.28. The summed E-state index contributed by atoms with van der Waals surface area (Å²) >= 11 is 0. The van der Waals surface area contributed by atoms with Gasteiger partial charge in [0.25, 0.3) is 0 Å². The van der Waals surface area contributed by atoms with Crippen molar-refractivity contribution in [3.05, 3.63) is 18.1 Å². The van der Waals surface area contributed by atoms with Crippen molar-refractivity contribution >= 4 is 5.82 Å². The average molecular weight is 236 g/mol. The number of aromatic nitrogens is 2. The minimum absolute atomic E-state index is 0.348. The highest BCUT2D eigenvalue weighted by atomic mass is 16.5. The summed E-state index contributed by atoms with van der Waals surface area (Å²) in [4.78, 5) is 10.9. The van der Waals surface area contributed by atoms with Crippen LogP contribution in [-0.2, 0) is 11.2 Å². The van der Waals surface area contributed by atoms with Crippen LogP contribution < -0.4 is 10.6 Å².